The van der Waals surface area contributed by atoms with Crippen LogP contribution in [0.4, 0.5) is 16.4 Å². The second-order valence-corrected chi connectivity index (χ2v) is 3.66. The number of carbonyl (C=O) groups excluding carboxylic acids is 1. The molecule has 1 heterocycles. The summed E-state index contributed by atoms with van der Waals surface area (Å²) in [6.07, 6.45) is 0. The van der Waals surface area contributed by atoms with E-state index in [1.807, 2.05) is 24.3 Å². The summed E-state index contributed by atoms with van der Waals surface area (Å²) in [4.78, 5) is 19.1. The average Bonchev–Trinajstić information content (AvgIpc) is 2.34. The number of nitrogen functional groups attached to an aromatic ring is 1. The van der Waals surface area contributed by atoms with E-state index in [2.05, 4.69) is 20.6 Å². The number of nitrogens with zero attached hydrogens (tertiary/aromatic N) is 2. The van der Waals surface area contributed by atoms with Crippen LogP contribution in [0.5, 0.6) is 0 Å². The fourth-order valence-electron chi connectivity index (χ4n) is 1.51. The van der Waals surface area contributed by atoms with Gasteiger partial charge in [-0.05, 0) is 12.1 Å². The Labute approximate surface area is 104 Å². The van der Waals surface area contributed by atoms with Crippen LogP contribution in [-0.2, 0) is 0 Å². The van der Waals surface area contributed by atoms with Crippen molar-refractivity contribution in [2.75, 3.05) is 24.1 Å². The maximum atomic E-state index is 10.5. The number of benzene rings is 1. The van der Waals surface area contributed by atoms with Crippen molar-refractivity contribution in [1.82, 2.24) is 15.3 Å². The molecule has 0 bridgehead atoms. The first-order valence-electron chi connectivity index (χ1n) is 5.46. The molecule has 0 saturated heterocycles. The Morgan fingerprint density at radius 3 is 2.50 bits per heavy atom. The van der Waals surface area contributed by atoms with Crippen LogP contribution in [0.3, 0.4) is 0 Å². The fraction of sp³-hybridized carbons (Fsp3) is 0.182. The molecule has 1 aromatic carbocycles. The molecule has 0 saturated carbocycles. The predicted molar refractivity (Wildman–Crippen MR) is 70.0 cm³/mol. The maximum Gasteiger partial charge on any atom is 0.312 e. The number of nitrogens with one attached hydrogen (secondary N) is 2. The zero-order valence-electron chi connectivity index (χ0n) is 9.68. The molecule has 2 aromatic rings. The first kappa shape index (κ1) is 11.9. The van der Waals surface area contributed by atoms with Gasteiger partial charge in [0.1, 0.15) is 0 Å². The molecule has 0 fully saturated rings. The van der Waals surface area contributed by atoms with Crippen molar-refractivity contribution in [2.24, 2.45) is 5.73 Å². The van der Waals surface area contributed by atoms with Gasteiger partial charge in [-0.15, -0.1) is 0 Å². The zero-order valence-corrected chi connectivity index (χ0v) is 9.68. The summed E-state index contributed by atoms with van der Waals surface area (Å²) in [6, 6.07) is 6.90. The maximum absolute atomic E-state index is 10.5. The van der Waals surface area contributed by atoms with Gasteiger partial charge in [-0.3, -0.25) is 0 Å². The summed E-state index contributed by atoms with van der Waals surface area (Å²) in [5, 5.41) is 5.45. The zero-order chi connectivity index (χ0) is 13.0. The third-order valence-electron chi connectivity index (χ3n) is 2.31. The number of hydrogen-bond acceptors (Lipinski definition) is 5. The van der Waals surface area contributed by atoms with Crippen LogP contribution in [0.2, 0.25) is 0 Å². The SMILES string of the molecule is NC(=O)NCCNc1nc2ccccc2nc1N. The highest BCUT2D eigenvalue weighted by atomic mass is 16.2. The highest BCUT2D eigenvalue weighted by Crippen LogP contribution is 2.17. The van der Waals surface area contributed by atoms with Crippen LogP contribution < -0.4 is 22.1 Å². The largest absolute Gasteiger partial charge is 0.381 e. The van der Waals surface area contributed by atoms with Gasteiger partial charge in [0.15, 0.2) is 11.6 Å². The van der Waals surface area contributed by atoms with Crippen molar-refractivity contribution in [3.63, 3.8) is 0 Å². The van der Waals surface area contributed by atoms with Crippen LogP contribution in [0.1, 0.15) is 0 Å². The minimum absolute atomic E-state index is 0.327. The molecule has 2 rings (SSSR count). The summed E-state index contributed by atoms with van der Waals surface area (Å²) in [5.41, 5.74) is 12.2. The van der Waals surface area contributed by atoms with Gasteiger partial charge in [-0.1, -0.05) is 12.1 Å². The van der Waals surface area contributed by atoms with Crippen molar-refractivity contribution in [2.45, 2.75) is 0 Å². The molecule has 0 radical (unpaired) electrons. The highest BCUT2D eigenvalue weighted by molar-refractivity contribution is 5.79. The van der Waals surface area contributed by atoms with E-state index in [-0.39, 0.29) is 0 Å². The third-order valence-corrected chi connectivity index (χ3v) is 2.31. The highest BCUT2D eigenvalue weighted by Gasteiger charge is 2.04. The molecule has 1 aromatic heterocycles. The Kier molecular flexibility index (Phi) is 3.42. The van der Waals surface area contributed by atoms with Crippen LogP contribution >= 0.6 is 0 Å². The molecule has 0 atom stereocenters. The molecule has 7 nitrogen and oxygen atoms in total. The minimum atomic E-state index is -0.561. The molecule has 6 N–H and O–H groups in total. The van der Waals surface area contributed by atoms with Crippen LogP contribution in [0.25, 0.3) is 11.0 Å². The van der Waals surface area contributed by atoms with Gasteiger partial charge in [0, 0.05) is 13.1 Å². The normalized spacial score (nSPS) is 10.2. The summed E-state index contributed by atoms with van der Waals surface area (Å²) < 4.78 is 0. The minimum Gasteiger partial charge on any atom is -0.381 e. The van der Waals surface area contributed by atoms with E-state index in [9.17, 15) is 4.79 Å². The quantitative estimate of drug-likeness (QED) is 0.578. The summed E-state index contributed by atoms with van der Waals surface area (Å²) in [6.45, 7) is 0.865. The fourth-order valence-corrected chi connectivity index (χ4v) is 1.51. The molecule has 0 aliphatic heterocycles. The molecular weight excluding hydrogens is 232 g/mol. The van der Waals surface area contributed by atoms with Crippen molar-refractivity contribution in [1.29, 1.82) is 0 Å². The lowest BCUT2D eigenvalue weighted by Crippen LogP contribution is -2.33. The average molecular weight is 246 g/mol. The van der Waals surface area contributed by atoms with Crippen LogP contribution in [0.15, 0.2) is 24.3 Å². The van der Waals surface area contributed by atoms with Gasteiger partial charge in [0.25, 0.3) is 0 Å². The van der Waals surface area contributed by atoms with Crippen molar-refractivity contribution < 1.29 is 4.79 Å². The molecule has 0 aliphatic rings. The Bertz CT molecular complexity index is 570. The Morgan fingerprint density at radius 1 is 1.17 bits per heavy atom. The molecule has 0 spiro atoms. The molecule has 0 aliphatic carbocycles. The monoisotopic (exact) mass is 246 g/mol. The van der Waals surface area contributed by atoms with E-state index in [0.717, 1.165) is 11.0 Å². The number of urea groups is 1. The number of fused-ring (bicyclic) bond motifs is 1. The predicted octanol–water partition coefficient (Wildman–Crippen LogP) is 0.292. The second kappa shape index (κ2) is 5.17. The summed E-state index contributed by atoms with van der Waals surface area (Å²) in [5.74, 6) is 0.827. The van der Waals surface area contributed by atoms with Crippen molar-refractivity contribution in [3.05, 3.63) is 24.3 Å². The number of carbonyl (C=O) groups is 1. The van der Waals surface area contributed by atoms with E-state index in [4.69, 9.17) is 11.5 Å². The number of anilines is 2. The second-order valence-electron chi connectivity index (χ2n) is 3.66. The molecule has 0 unspecified atom stereocenters. The Morgan fingerprint density at radius 2 is 1.83 bits per heavy atom. The van der Waals surface area contributed by atoms with Crippen molar-refractivity contribution >= 4 is 28.7 Å². The molecule has 18 heavy (non-hydrogen) atoms. The topological polar surface area (TPSA) is 119 Å². The van der Waals surface area contributed by atoms with Gasteiger partial charge in [0.2, 0.25) is 0 Å². The van der Waals surface area contributed by atoms with E-state index in [1.165, 1.54) is 0 Å². The van der Waals surface area contributed by atoms with Crippen molar-refractivity contribution in [3.8, 4) is 0 Å². The number of nitrogens with two attached hydrogens (primary N) is 2. The smallest absolute Gasteiger partial charge is 0.312 e. The lowest BCUT2D eigenvalue weighted by atomic mass is 10.3. The number of para-hydroxylation sites is 2. The standard InChI is InChI=1S/C11H14N6O/c12-9-10(14-5-6-15-11(13)18)17-8-4-2-1-3-7(8)16-9/h1-4H,5-6H2,(H2,12,16)(H,14,17)(H3,13,15,18). The number of aromatic nitrogens is 2. The first-order valence-corrected chi connectivity index (χ1v) is 5.46. The van der Waals surface area contributed by atoms with Crippen LogP contribution in [-0.4, -0.2) is 29.1 Å². The van der Waals surface area contributed by atoms with Gasteiger partial charge in [-0.25, -0.2) is 14.8 Å². The van der Waals surface area contributed by atoms with E-state index >= 15 is 0 Å². The third kappa shape index (κ3) is 2.76. The summed E-state index contributed by atoms with van der Waals surface area (Å²) >= 11 is 0. The number of amides is 2. The van der Waals surface area contributed by atoms with Gasteiger partial charge < -0.3 is 22.1 Å². The van der Waals surface area contributed by atoms with Crippen LogP contribution in [0, 0.1) is 0 Å². The lowest BCUT2D eigenvalue weighted by molar-refractivity contribution is 0.249. The first-order chi connectivity index (χ1) is 8.66. The Hall–Kier alpha value is -2.57. The number of primary amides is 1. The molecular formula is C11H14N6O. The van der Waals surface area contributed by atoms with Gasteiger partial charge >= 0.3 is 6.03 Å². The molecule has 2 amide bonds. The van der Waals surface area contributed by atoms with E-state index in [0.29, 0.717) is 24.7 Å². The number of rotatable bonds is 4. The van der Waals surface area contributed by atoms with E-state index < -0.39 is 6.03 Å². The molecule has 94 valence electrons. The van der Waals surface area contributed by atoms with E-state index in [1.54, 1.807) is 0 Å². The molecule has 7 heteroatoms. The van der Waals surface area contributed by atoms with Gasteiger partial charge in [-0.2, -0.15) is 0 Å². The summed E-state index contributed by atoms with van der Waals surface area (Å²) in [7, 11) is 0. The van der Waals surface area contributed by atoms with Gasteiger partial charge in [0.05, 0.1) is 11.0 Å². The Balaban J connectivity index is 2.08. The lowest BCUT2D eigenvalue weighted by Gasteiger charge is -2.08. The number of hydrogen-bond donors (Lipinski definition) is 4.